The second-order valence-electron chi connectivity index (χ2n) is 2.93. The third-order valence-electron chi connectivity index (χ3n) is 1.77. The number of alkyl halides is 1. The van der Waals surface area contributed by atoms with Gasteiger partial charge in [0.05, 0.1) is 0 Å². The van der Waals surface area contributed by atoms with Gasteiger partial charge >= 0.3 is 0 Å². The van der Waals surface area contributed by atoms with E-state index in [9.17, 15) is 0 Å². The molecule has 2 heteroatoms. The molecule has 0 aliphatic rings. The molecule has 1 aromatic heterocycles. The fraction of sp³-hybridized carbons (Fsp3) is 0.556. The number of aryl methyl sites for hydroxylation is 1. The van der Waals surface area contributed by atoms with Crippen molar-refractivity contribution in [2.75, 3.05) is 5.33 Å². The Morgan fingerprint density at radius 3 is 3.00 bits per heavy atom. The van der Waals surface area contributed by atoms with Crippen molar-refractivity contribution in [1.82, 2.24) is 0 Å². The van der Waals surface area contributed by atoms with E-state index in [1.165, 1.54) is 18.4 Å². The summed E-state index contributed by atoms with van der Waals surface area (Å²) in [5.41, 5.74) is 1.49. The molecule has 0 radical (unpaired) electrons. The molecule has 0 aliphatic heterocycles. The second-order valence-corrected chi connectivity index (χ2v) is 4.36. The fourth-order valence-corrected chi connectivity index (χ4v) is 1.95. The maximum absolute atomic E-state index is 3.48. The van der Waals surface area contributed by atoms with E-state index >= 15 is 0 Å². The normalized spacial score (nSPS) is 13.3. The smallest absolute Gasteiger partial charge is 0.00571 e. The average molecular weight is 233 g/mol. The lowest BCUT2D eigenvalue weighted by atomic mass is 10.1. The third-order valence-corrected chi connectivity index (χ3v) is 3.61. The molecule has 0 saturated carbocycles. The number of rotatable bonds is 4. The van der Waals surface area contributed by atoms with Crippen molar-refractivity contribution in [2.24, 2.45) is 5.92 Å². The van der Waals surface area contributed by atoms with Crippen LogP contribution in [0.5, 0.6) is 0 Å². The van der Waals surface area contributed by atoms with E-state index in [-0.39, 0.29) is 0 Å². The second kappa shape index (κ2) is 4.94. The molecule has 0 fully saturated rings. The summed E-state index contributed by atoms with van der Waals surface area (Å²) in [5, 5.41) is 5.51. The molecule has 1 rings (SSSR count). The first kappa shape index (κ1) is 9.27. The first-order chi connectivity index (χ1) is 5.33. The van der Waals surface area contributed by atoms with Gasteiger partial charge in [-0.05, 0) is 41.1 Å². The molecule has 0 nitrogen and oxygen atoms in total. The van der Waals surface area contributed by atoms with Gasteiger partial charge in [0.1, 0.15) is 0 Å². The summed E-state index contributed by atoms with van der Waals surface area (Å²) in [5.74, 6) is 0.801. The van der Waals surface area contributed by atoms with E-state index in [1.807, 2.05) is 0 Å². The molecule has 1 unspecified atom stereocenters. The van der Waals surface area contributed by atoms with Crippen molar-refractivity contribution in [3.05, 3.63) is 22.4 Å². The number of hydrogen-bond donors (Lipinski definition) is 0. The van der Waals surface area contributed by atoms with Crippen LogP contribution in [0.1, 0.15) is 18.9 Å². The fourth-order valence-electron chi connectivity index (χ4n) is 0.925. The Morgan fingerprint density at radius 1 is 1.64 bits per heavy atom. The lowest BCUT2D eigenvalue weighted by molar-refractivity contribution is 0.600. The Morgan fingerprint density at radius 2 is 2.45 bits per heavy atom. The molecule has 1 atom stereocenters. The maximum atomic E-state index is 3.48. The largest absolute Gasteiger partial charge is 0.152 e. The van der Waals surface area contributed by atoms with Gasteiger partial charge < -0.3 is 0 Å². The minimum Gasteiger partial charge on any atom is -0.152 e. The Labute approximate surface area is 80.8 Å². The molecule has 0 spiro atoms. The van der Waals surface area contributed by atoms with Gasteiger partial charge in [-0.25, -0.2) is 0 Å². The first-order valence-corrected chi connectivity index (χ1v) is 5.96. The minimum atomic E-state index is 0.801. The zero-order valence-electron chi connectivity index (χ0n) is 6.72. The molecule has 1 aromatic rings. The van der Waals surface area contributed by atoms with Crippen LogP contribution in [-0.2, 0) is 6.42 Å². The lowest BCUT2D eigenvalue weighted by Gasteiger charge is -2.04. The molecule has 0 aliphatic carbocycles. The van der Waals surface area contributed by atoms with Gasteiger partial charge in [0.25, 0.3) is 0 Å². The molecular weight excluding hydrogens is 220 g/mol. The zero-order valence-corrected chi connectivity index (χ0v) is 9.12. The number of hydrogen-bond acceptors (Lipinski definition) is 1. The summed E-state index contributed by atoms with van der Waals surface area (Å²) >= 11 is 5.27. The molecule has 0 N–H and O–H groups in total. The quantitative estimate of drug-likeness (QED) is 0.695. The van der Waals surface area contributed by atoms with Crippen LogP contribution in [0, 0.1) is 5.92 Å². The van der Waals surface area contributed by atoms with E-state index in [0.717, 1.165) is 11.2 Å². The summed E-state index contributed by atoms with van der Waals surface area (Å²) < 4.78 is 0. The Hall–Kier alpha value is 0.180. The highest BCUT2D eigenvalue weighted by Gasteiger charge is 2.00. The van der Waals surface area contributed by atoms with Gasteiger partial charge in [0.2, 0.25) is 0 Å². The van der Waals surface area contributed by atoms with Crippen LogP contribution in [0.4, 0.5) is 0 Å². The molecular formula is C9H13BrS. The van der Waals surface area contributed by atoms with E-state index in [2.05, 4.69) is 39.7 Å². The van der Waals surface area contributed by atoms with Crippen LogP contribution in [0.25, 0.3) is 0 Å². The summed E-state index contributed by atoms with van der Waals surface area (Å²) in [6.45, 7) is 2.28. The van der Waals surface area contributed by atoms with Gasteiger partial charge in [-0.2, -0.15) is 11.3 Å². The van der Waals surface area contributed by atoms with Crippen molar-refractivity contribution in [3.63, 3.8) is 0 Å². The topological polar surface area (TPSA) is 0 Å². The highest BCUT2D eigenvalue weighted by Crippen LogP contribution is 2.13. The highest BCUT2D eigenvalue weighted by molar-refractivity contribution is 9.09. The molecule has 1 heterocycles. The summed E-state index contributed by atoms with van der Waals surface area (Å²) in [6, 6.07) is 2.21. The molecule has 0 saturated heterocycles. The van der Waals surface area contributed by atoms with Crippen LogP contribution < -0.4 is 0 Å². The SMILES string of the molecule is CC(CBr)CCc1ccsc1. The van der Waals surface area contributed by atoms with Crippen LogP contribution in [0.3, 0.4) is 0 Å². The maximum Gasteiger partial charge on any atom is 0.00571 e. The molecule has 62 valence electrons. The predicted molar refractivity (Wildman–Crippen MR) is 55.6 cm³/mol. The molecule has 0 bridgehead atoms. The Kier molecular flexibility index (Phi) is 4.16. The van der Waals surface area contributed by atoms with E-state index in [1.54, 1.807) is 11.3 Å². The summed E-state index contributed by atoms with van der Waals surface area (Å²) in [6.07, 6.45) is 2.53. The Balaban J connectivity index is 2.23. The summed E-state index contributed by atoms with van der Waals surface area (Å²) in [7, 11) is 0. The molecule has 11 heavy (non-hydrogen) atoms. The predicted octanol–water partition coefficient (Wildman–Crippen LogP) is 3.71. The highest BCUT2D eigenvalue weighted by atomic mass is 79.9. The number of halogens is 1. The van der Waals surface area contributed by atoms with Crippen molar-refractivity contribution in [2.45, 2.75) is 19.8 Å². The van der Waals surface area contributed by atoms with Crippen molar-refractivity contribution < 1.29 is 0 Å². The Bertz CT molecular complexity index is 181. The van der Waals surface area contributed by atoms with Crippen LogP contribution in [-0.4, -0.2) is 5.33 Å². The molecule has 0 amide bonds. The van der Waals surface area contributed by atoms with E-state index in [0.29, 0.717) is 0 Å². The van der Waals surface area contributed by atoms with E-state index < -0.39 is 0 Å². The van der Waals surface area contributed by atoms with Gasteiger partial charge in [0, 0.05) is 5.33 Å². The molecule has 0 aromatic carbocycles. The van der Waals surface area contributed by atoms with Gasteiger partial charge in [-0.3, -0.25) is 0 Å². The minimum absolute atomic E-state index is 0.801. The van der Waals surface area contributed by atoms with Crippen LogP contribution in [0.2, 0.25) is 0 Å². The number of thiophene rings is 1. The van der Waals surface area contributed by atoms with Crippen molar-refractivity contribution >= 4 is 27.3 Å². The summed E-state index contributed by atoms with van der Waals surface area (Å²) in [4.78, 5) is 0. The van der Waals surface area contributed by atoms with Crippen LogP contribution >= 0.6 is 27.3 Å². The lowest BCUT2D eigenvalue weighted by Crippen LogP contribution is -1.97. The third kappa shape index (κ3) is 3.39. The van der Waals surface area contributed by atoms with Gasteiger partial charge in [-0.15, -0.1) is 0 Å². The zero-order chi connectivity index (χ0) is 8.10. The van der Waals surface area contributed by atoms with Crippen molar-refractivity contribution in [1.29, 1.82) is 0 Å². The van der Waals surface area contributed by atoms with Gasteiger partial charge in [0.15, 0.2) is 0 Å². The average Bonchev–Trinajstić information content (AvgIpc) is 2.52. The van der Waals surface area contributed by atoms with E-state index in [4.69, 9.17) is 0 Å². The van der Waals surface area contributed by atoms with Crippen molar-refractivity contribution in [3.8, 4) is 0 Å². The monoisotopic (exact) mass is 232 g/mol. The van der Waals surface area contributed by atoms with Gasteiger partial charge in [-0.1, -0.05) is 22.9 Å². The van der Waals surface area contributed by atoms with Crippen LogP contribution in [0.15, 0.2) is 16.8 Å². The standard InChI is InChI=1S/C9H13BrS/c1-8(6-10)2-3-9-4-5-11-7-9/h4-5,7-8H,2-3,6H2,1H3. The first-order valence-electron chi connectivity index (χ1n) is 3.90.